The lowest BCUT2D eigenvalue weighted by Crippen LogP contribution is -2.37. The van der Waals surface area contributed by atoms with Gasteiger partial charge in [0, 0.05) is 6.07 Å². The highest BCUT2D eigenvalue weighted by Crippen LogP contribution is 2.47. The second-order valence-corrected chi connectivity index (χ2v) is 4.52. The van der Waals surface area contributed by atoms with Gasteiger partial charge in [0.15, 0.2) is 0 Å². The molecule has 0 aliphatic heterocycles. The van der Waals surface area contributed by atoms with Gasteiger partial charge in [-0.15, -0.1) is 0 Å². The molecule has 2 nitrogen and oxygen atoms in total. The van der Waals surface area contributed by atoms with Crippen LogP contribution in [0.5, 0.6) is 5.75 Å². The van der Waals surface area contributed by atoms with Crippen molar-refractivity contribution in [3.63, 3.8) is 0 Å². The zero-order chi connectivity index (χ0) is 11.6. The molecule has 1 aromatic rings. The molecule has 0 bridgehead atoms. The maximum atomic E-state index is 14.0. The van der Waals surface area contributed by atoms with E-state index in [1.54, 1.807) is 7.11 Å². The normalized spacial score (nSPS) is 17.9. The van der Waals surface area contributed by atoms with E-state index in [0.717, 1.165) is 24.8 Å². The first-order valence-corrected chi connectivity index (χ1v) is 5.76. The standard InChI is InChI=1S/C13H18FNO/c1-16-10-3-4-11(12(14)9-10)13(7-8-15)5-2-6-13/h3-4,9H,2,5-8,15H2,1H3. The molecule has 1 aliphatic rings. The first-order valence-electron chi connectivity index (χ1n) is 5.76. The molecule has 0 radical (unpaired) electrons. The minimum atomic E-state index is -0.160. The molecule has 2 rings (SSSR count). The average Bonchev–Trinajstić information content (AvgIpc) is 2.24. The van der Waals surface area contributed by atoms with Crippen LogP contribution in [0.2, 0.25) is 0 Å². The Bertz CT molecular complexity index is 374. The van der Waals surface area contributed by atoms with Crippen LogP contribution in [0.15, 0.2) is 18.2 Å². The van der Waals surface area contributed by atoms with Gasteiger partial charge in [0.1, 0.15) is 11.6 Å². The molecule has 16 heavy (non-hydrogen) atoms. The molecule has 0 spiro atoms. The van der Waals surface area contributed by atoms with Crippen LogP contribution in [0, 0.1) is 5.82 Å². The number of ether oxygens (including phenoxy) is 1. The molecular weight excluding hydrogens is 205 g/mol. The van der Waals surface area contributed by atoms with Crippen molar-refractivity contribution in [2.24, 2.45) is 5.73 Å². The summed E-state index contributed by atoms with van der Waals surface area (Å²) in [5.74, 6) is 0.413. The van der Waals surface area contributed by atoms with Gasteiger partial charge in [0.25, 0.3) is 0 Å². The smallest absolute Gasteiger partial charge is 0.130 e. The number of rotatable bonds is 4. The van der Waals surface area contributed by atoms with Crippen LogP contribution in [0.3, 0.4) is 0 Å². The quantitative estimate of drug-likeness (QED) is 0.851. The van der Waals surface area contributed by atoms with Gasteiger partial charge in [0.2, 0.25) is 0 Å². The molecule has 0 atom stereocenters. The number of methoxy groups -OCH3 is 1. The topological polar surface area (TPSA) is 35.2 Å². The fraction of sp³-hybridized carbons (Fsp3) is 0.538. The van der Waals surface area contributed by atoms with E-state index >= 15 is 0 Å². The molecule has 1 aliphatic carbocycles. The van der Waals surface area contributed by atoms with Crippen LogP contribution in [0.4, 0.5) is 4.39 Å². The fourth-order valence-corrected chi connectivity index (χ4v) is 2.59. The first-order chi connectivity index (χ1) is 7.72. The van der Waals surface area contributed by atoms with Gasteiger partial charge in [0.05, 0.1) is 7.11 Å². The highest BCUT2D eigenvalue weighted by Gasteiger charge is 2.39. The van der Waals surface area contributed by atoms with E-state index in [0.29, 0.717) is 12.3 Å². The number of halogens is 1. The molecule has 88 valence electrons. The van der Waals surface area contributed by atoms with E-state index in [2.05, 4.69) is 0 Å². The minimum Gasteiger partial charge on any atom is -0.497 e. The Labute approximate surface area is 95.6 Å². The molecular formula is C13H18FNO. The van der Waals surface area contributed by atoms with Crippen LogP contribution in [-0.2, 0) is 5.41 Å². The van der Waals surface area contributed by atoms with Crippen LogP contribution in [0.25, 0.3) is 0 Å². The van der Waals surface area contributed by atoms with Crippen molar-refractivity contribution in [3.05, 3.63) is 29.6 Å². The van der Waals surface area contributed by atoms with Crippen molar-refractivity contribution >= 4 is 0 Å². The molecule has 1 fully saturated rings. The summed E-state index contributed by atoms with van der Waals surface area (Å²) in [6, 6.07) is 5.14. The summed E-state index contributed by atoms with van der Waals surface area (Å²) in [6.07, 6.45) is 4.14. The lowest BCUT2D eigenvalue weighted by atomic mass is 9.62. The van der Waals surface area contributed by atoms with Crippen molar-refractivity contribution in [1.29, 1.82) is 0 Å². The highest BCUT2D eigenvalue weighted by atomic mass is 19.1. The summed E-state index contributed by atoms with van der Waals surface area (Å²) in [5, 5.41) is 0. The molecule has 0 unspecified atom stereocenters. The maximum Gasteiger partial charge on any atom is 0.130 e. The van der Waals surface area contributed by atoms with E-state index in [-0.39, 0.29) is 11.2 Å². The number of benzene rings is 1. The van der Waals surface area contributed by atoms with Crippen LogP contribution in [-0.4, -0.2) is 13.7 Å². The number of hydrogen-bond acceptors (Lipinski definition) is 2. The van der Waals surface area contributed by atoms with E-state index in [1.807, 2.05) is 12.1 Å². The molecule has 3 heteroatoms. The van der Waals surface area contributed by atoms with Gasteiger partial charge in [-0.1, -0.05) is 12.5 Å². The van der Waals surface area contributed by atoms with Crippen LogP contribution in [0.1, 0.15) is 31.2 Å². The van der Waals surface area contributed by atoms with E-state index in [1.165, 1.54) is 12.5 Å². The highest BCUT2D eigenvalue weighted by molar-refractivity contribution is 5.35. The van der Waals surface area contributed by atoms with Gasteiger partial charge >= 0.3 is 0 Å². The number of nitrogens with two attached hydrogens (primary N) is 1. The third-order valence-corrected chi connectivity index (χ3v) is 3.68. The van der Waals surface area contributed by atoms with Gasteiger partial charge in [-0.25, -0.2) is 4.39 Å². The summed E-state index contributed by atoms with van der Waals surface area (Å²) in [4.78, 5) is 0. The molecule has 1 aromatic carbocycles. The Morgan fingerprint density at radius 2 is 2.19 bits per heavy atom. The van der Waals surface area contributed by atoms with Crippen molar-refractivity contribution in [3.8, 4) is 5.75 Å². The second kappa shape index (κ2) is 4.42. The number of hydrogen-bond donors (Lipinski definition) is 1. The Morgan fingerprint density at radius 3 is 2.62 bits per heavy atom. The maximum absolute atomic E-state index is 14.0. The van der Waals surface area contributed by atoms with Gasteiger partial charge in [-0.3, -0.25) is 0 Å². The van der Waals surface area contributed by atoms with Gasteiger partial charge < -0.3 is 10.5 Å². The summed E-state index contributed by atoms with van der Waals surface area (Å²) >= 11 is 0. The fourth-order valence-electron chi connectivity index (χ4n) is 2.59. The molecule has 0 amide bonds. The van der Waals surface area contributed by atoms with Gasteiger partial charge in [-0.2, -0.15) is 0 Å². The molecule has 0 saturated heterocycles. The Hall–Kier alpha value is -1.09. The SMILES string of the molecule is COc1ccc(C2(CCN)CCC2)c(F)c1. The van der Waals surface area contributed by atoms with E-state index in [9.17, 15) is 4.39 Å². The Morgan fingerprint density at radius 1 is 1.44 bits per heavy atom. The van der Waals surface area contributed by atoms with Crippen molar-refractivity contribution in [2.45, 2.75) is 31.1 Å². The summed E-state index contributed by atoms with van der Waals surface area (Å²) < 4.78 is 19.0. The lowest BCUT2D eigenvalue weighted by Gasteiger charge is -2.42. The summed E-state index contributed by atoms with van der Waals surface area (Å²) in [6.45, 7) is 0.617. The van der Waals surface area contributed by atoms with E-state index in [4.69, 9.17) is 10.5 Å². The molecule has 2 N–H and O–H groups in total. The Kier molecular flexibility index (Phi) is 3.15. The van der Waals surface area contributed by atoms with Crippen molar-refractivity contribution in [2.75, 3.05) is 13.7 Å². The average molecular weight is 223 g/mol. The third kappa shape index (κ3) is 1.80. The molecule has 0 heterocycles. The van der Waals surface area contributed by atoms with Crippen molar-refractivity contribution in [1.82, 2.24) is 0 Å². The molecule has 0 aromatic heterocycles. The third-order valence-electron chi connectivity index (χ3n) is 3.68. The van der Waals surface area contributed by atoms with Crippen molar-refractivity contribution < 1.29 is 9.13 Å². The van der Waals surface area contributed by atoms with Crippen LogP contribution >= 0.6 is 0 Å². The summed E-state index contributed by atoms with van der Waals surface area (Å²) in [7, 11) is 1.55. The molecule has 1 saturated carbocycles. The lowest BCUT2D eigenvalue weighted by molar-refractivity contribution is 0.221. The zero-order valence-electron chi connectivity index (χ0n) is 9.63. The first kappa shape index (κ1) is 11.4. The Balaban J connectivity index is 2.31. The minimum absolute atomic E-state index is 0.00882. The summed E-state index contributed by atoms with van der Waals surface area (Å²) in [5.41, 5.74) is 6.42. The predicted octanol–water partition coefficient (Wildman–Crippen LogP) is 2.60. The predicted molar refractivity (Wildman–Crippen MR) is 62.2 cm³/mol. The van der Waals surface area contributed by atoms with E-state index < -0.39 is 0 Å². The van der Waals surface area contributed by atoms with Gasteiger partial charge in [-0.05, 0) is 42.9 Å². The van der Waals surface area contributed by atoms with Crippen LogP contribution < -0.4 is 10.5 Å². The monoisotopic (exact) mass is 223 g/mol. The zero-order valence-corrected chi connectivity index (χ0v) is 9.63. The largest absolute Gasteiger partial charge is 0.497 e. The second-order valence-electron chi connectivity index (χ2n) is 4.52.